The molecule has 0 saturated carbocycles. The molecule has 0 heterocycles. The summed E-state index contributed by atoms with van der Waals surface area (Å²) in [6.07, 6.45) is -3.54. The van der Waals surface area contributed by atoms with Gasteiger partial charge in [0.2, 0.25) is 0 Å². The van der Waals surface area contributed by atoms with Gasteiger partial charge in [-0.1, -0.05) is 24.3 Å². The van der Waals surface area contributed by atoms with Gasteiger partial charge in [-0.15, -0.1) is 0 Å². The Bertz CT molecular complexity index is 965. The lowest BCUT2D eigenvalue weighted by atomic mass is 10.1. The summed E-state index contributed by atoms with van der Waals surface area (Å²) in [7, 11) is -3.30. The van der Waals surface area contributed by atoms with Crippen LogP contribution in [0.2, 0.25) is 0 Å². The molecule has 0 fully saturated rings. The number of ether oxygens (including phenoxy) is 1. The van der Waals surface area contributed by atoms with Crippen LogP contribution in [0.5, 0.6) is 0 Å². The molecule has 0 radical (unpaired) electrons. The average Bonchev–Trinajstić information content (AvgIpc) is 2.57. The van der Waals surface area contributed by atoms with Crippen LogP contribution in [0.15, 0.2) is 48.5 Å². The molecule has 0 aromatic heterocycles. The highest BCUT2D eigenvalue weighted by Gasteiger charge is 2.31. The number of hydrogen-bond acceptors (Lipinski definition) is 5. The maximum absolute atomic E-state index is 12.7. The van der Waals surface area contributed by atoms with Crippen LogP contribution in [0.3, 0.4) is 0 Å². The van der Waals surface area contributed by atoms with Crippen molar-refractivity contribution in [3.05, 3.63) is 70.8 Å². The molecular formula is C18H15F3O5S. The van der Waals surface area contributed by atoms with E-state index in [4.69, 9.17) is 4.74 Å². The Kier molecular flexibility index (Phi) is 6.04. The van der Waals surface area contributed by atoms with Gasteiger partial charge in [0.1, 0.15) is 0 Å². The molecule has 0 bridgehead atoms. The summed E-state index contributed by atoms with van der Waals surface area (Å²) in [4.78, 5) is 24.0. The molecule has 0 aliphatic heterocycles. The molecule has 0 unspecified atom stereocenters. The molecule has 5 nitrogen and oxygen atoms in total. The molecule has 0 aliphatic rings. The standard InChI is InChI=1S/C18H15F3O5S/c1-27(24,25)11-12-4-2-6-14(8-12)17(23)26-10-16(22)13-5-3-7-15(9-13)18(19,20)21/h2-9H,10-11H2,1H3. The van der Waals surface area contributed by atoms with Crippen molar-refractivity contribution in [2.24, 2.45) is 0 Å². The number of carbonyl (C=O) groups excluding carboxylic acids is 2. The fourth-order valence-corrected chi connectivity index (χ4v) is 3.04. The minimum Gasteiger partial charge on any atom is -0.454 e. The van der Waals surface area contributed by atoms with Gasteiger partial charge < -0.3 is 4.74 Å². The van der Waals surface area contributed by atoms with Crippen LogP contribution in [0.25, 0.3) is 0 Å². The van der Waals surface area contributed by atoms with Crippen molar-refractivity contribution in [1.82, 2.24) is 0 Å². The molecule has 2 rings (SSSR count). The summed E-state index contributed by atoms with van der Waals surface area (Å²) in [6.45, 7) is -0.740. The van der Waals surface area contributed by atoms with Crippen molar-refractivity contribution < 1.29 is 35.9 Å². The molecule has 27 heavy (non-hydrogen) atoms. The van der Waals surface area contributed by atoms with E-state index < -0.39 is 39.9 Å². The van der Waals surface area contributed by atoms with E-state index in [-0.39, 0.29) is 16.9 Å². The zero-order valence-corrected chi connectivity index (χ0v) is 14.9. The number of ketones is 1. The van der Waals surface area contributed by atoms with Crippen molar-refractivity contribution in [1.29, 1.82) is 0 Å². The number of sulfone groups is 1. The maximum atomic E-state index is 12.7. The molecular weight excluding hydrogens is 385 g/mol. The fraction of sp³-hybridized carbons (Fsp3) is 0.222. The Hall–Kier alpha value is -2.68. The number of Topliss-reactive ketones (excluding diaryl/α,β-unsaturated/α-hetero) is 1. The van der Waals surface area contributed by atoms with E-state index in [1.54, 1.807) is 0 Å². The zero-order chi connectivity index (χ0) is 20.2. The van der Waals surface area contributed by atoms with Gasteiger partial charge in [0.05, 0.1) is 16.9 Å². The molecule has 0 saturated heterocycles. The molecule has 2 aromatic carbocycles. The van der Waals surface area contributed by atoms with Crippen LogP contribution in [-0.2, 0) is 26.5 Å². The molecule has 0 atom stereocenters. The highest BCUT2D eigenvalue weighted by molar-refractivity contribution is 7.89. The van der Waals surface area contributed by atoms with Crippen molar-refractivity contribution >= 4 is 21.6 Å². The molecule has 144 valence electrons. The Morgan fingerprint density at radius 2 is 1.63 bits per heavy atom. The fourth-order valence-electron chi connectivity index (χ4n) is 2.26. The van der Waals surface area contributed by atoms with Gasteiger partial charge in [-0.3, -0.25) is 4.79 Å². The number of esters is 1. The van der Waals surface area contributed by atoms with E-state index >= 15 is 0 Å². The Labute approximate surface area is 153 Å². The minimum atomic E-state index is -4.59. The van der Waals surface area contributed by atoms with E-state index in [0.29, 0.717) is 11.6 Å². The third-order valence-electron chi connectivity index (χ3n) is 3.44. The molecule has 0 aliphatic carbocycles. The lowest BCUT2D eigenvalue weighted by Gasteiger charge is -2.09. The van der Waals surface area contributed by atoms with Crippen molar-refractivity contribution in [2.45, 2.75) is 11.9 Å². The highest BCUT2D eigenvalue weighted by atomic mass is 32.2. The molecule has 2 aromatic rings. The molecule has 9 heteroatoms. The van der Waals surface area contributed by atoms with E-state index in [0.717, 1.165) is 18.4 Å². The first-order valence-electron chi connectivity index (χ1n) is 7.60. The number of rotatable bonds is 6. The molecule has 0 N–H and O–H groups in total. The van der Waals surface area contributed by atoms with Crippen LogP contribution in [0, 0.1) is 0 Å². The minimum absolute atomic E-state index is 0.0352. The quantitative estimate of drug-likeness (QED) is 0.549. The van der Waals surface area contributed by atoms with Gasteiger partial charge >= 0.3 is 12.1 Å². The normalized spacial score (nSPS) is 11.9. The Balaban J connectivity index is 2.05. The lowest BCUT2D eigenvalue weighted by molar-refractivity contribution is -0.137. The second kappa shape index (κ2) is 7.91. The number of benzene rings is 2. The largest absolute Gasteiger partial charge is 0.454 e. The Morgan fingerprint density at radius 3 is 2.26 bits per heavy atom. The monoisotopic (exact) mass is 400 g/mol. The van der Waals surface area contributed by atoms with E-state index in [9.17, 15) is 31.2 Å². The summed E-state index contributed by atoms with van der Waals surface area (Å²) in [6, 6.07) is 9.47. The number of hydrogen-bond donors (Lipinski definition) is 0. The van der Waals surface area contributed by atoms with Crippen LogP contribution in [0.1, 0.15) is 31.8 Å². The first-order chi connectivity index (χ1) is 12.5. The first kappa shape index (κ1) is 20.6. The van der Waals surface area contributed by atoms with E-state index in [1.807, 2.05) is 0 Å². The first-order valence-corrected chi connectivity index (χ1v) is 9.66. The number of halogens is 3. The van der Waals surface area contributed by atoms with Crippen molar-refractivity contribution in [3.8, 4) is 0 Å². The smallest absolute Gasteiger partial charge is 0.416 e. The van der Waals surface area contributed by atoms with Crippen LogP contribution in [-0.4, -0.2) is 33.0 Å². The van der Waals surface area contributed by atoms with Gasteiger partial charge in [0, 0.05) is 11.8 Å². The third kappa shape index (κ3) is 6.21. The third-order valence-corrected chi connectivity index (χ3v) is 4.30. The maximum Gasteiger partial charge on any atom is 0.416 e. The summed E-state index contributed by atoms with van der Waals surface area (Å²) in [5.41, 5.74) is -0.805. The Morgan fingerprint density at radius 1 is 1.00 bits per heavy atom. The summed E-state index contributed by atoms with van der Waals surface area (Å²) < 4.78 is 65.5. The zero-order valence-electron chi connectivity index (χ0n) is 14.1. The summed E-state index contributed by atoms with van der Waals surface area (Å²) >= 11 is 0. The van der Waals surface area contributed by atoms with Crippen LogP contribution < -0.4 is 0 Å². The number of alkyl halides is 3. The van der Waals surface area contributed by atoms with Gasteiger partial charge in [-0.25, -0.2) is 13.2 Å². The average molecular weight is 400 g/mol. The second-order valence-corrected chi connectivity index (χ2v) is 7.99. The van der Waals surface area contributed by atoms with Crippen LogP contribution >= 0.6 is 0 Å². The van der Waals surface area contributed by atoms with E-state index in [2.05, 4.69) is 0 Å². The van der Waals surface area contributed by atoms with Gasteiger partial charge in [-0.05, 0) is 29.8 Å². The topological polar surface area (TPSA) is 77.5 Å². The molecule has 0 amide bonds. The van der Waals surface area contributed by atoms with Crippen molar-refractivity contribution in [2.75, 3.05) is 12.9 Å². The van der Waals surface area contributed by atoms with E-state index in [1.165, 1.54) is 30.3 Å². The highest BCUT2D eigenvalue weighted by Crippen LogP contribution is 2.29. The second-order valence-electron chi connectivity index (χ2n) is 5.85. The van der Waals surface area contributed by atoms with Gasteiger partial charge in [-0.2, -0.15) is 13.2 Å². The summed E-state index contributed by atoms with van der Waals surface area (Å²) in [5, 5.41) is 0. The van der Waals surface area contributed by atoms with Gasteiger partial charge in [0.25, 0.3) is 0 Å². The number of carbonyl (C=O) groups is 2. The van der Waals surface area contributed by atoms with Gasteiger partial charge in [0.15, 0.2) is 22.2 Å². The predicted octanol–water partition coefficient (Wildman–Crippen LogP) is 3.29. The van der Waals surface area contributed by atoms with Crippen molar-refractivity contribution in [3.63, 3.8) is 0 Å². The molecule has 0 spiro atoms. The summed E-state index contributed by atoms with van der Waals surface area (Å²) in [5.74, 6) is -1.94. The lowest BCUT2D eigenvalue weighted by Crippen LogP contribution is -2.15. The SMILES string of the molecule is CS(=O)(=O)Cc1cccc(C(=O)OCC(=O)c2cccc(C(F)(F)F)c2)c1. The van der Waals surface area contributed by atoms with Crippen LogP contribution in [0.4, 0.5) is 13.2 Å². The predicted molar refractivity (Wildman–Crippen MR) is 91.0 cm³/mol.